The third-order valence-electron chi connectivity index (χ3n) is 2.71. The topological polar surface area (TPSA) is 75.8 Å². The highest BCUT2D eigenvalue weighted by Gasteiger charge is 2.20. The number of imidazole rings is 1. The minimum Gasteiger partial charge on any atom is -0.322 e. The summed E-state index contributed by atoms with van der Waals surface area (Å²) in [6.07, 6.45) is 3.11. The Kier molecular flexibility index (Phi) is 3.67. The van der Waals surface area contributed by atoms with E-state index in [1.807, 2.05) is 13.0 Å². The van der Waals surface area contributed by atoms with E-state index in [0.717, 1.165) is 0 Å². The van der Waals surface area contributed by atoms with Crippen molar-refractivity contribution in [3.8, 4) is 6.07 Å². The van der Waals surface area contributed by atoms with Gasteiger partial charge in [0.15, 0.2) is 0 Å². The maximum absolute atomic E-state index is 12.3. The first-order valence-corrected chi connectivity index (χ1v) is 7.45. The van der Waals surface area contributed by atoms with Crippen molar-refractivity contribution in [2.24, 2.45) is 0 Å². The molecule has 6 heteroatoms. The molecule has 0 unspecified atom stereocenters. The van der Waals surface area contributed by atoms with Crippen molar-refractivity contribution in [1.29, 1.82) is 5.26 Å². The van der Waals surface area contributed by atoms with Crippen LogP contribution < -0.4 is 0 Å². The Bertz CT molecular complexity index is 726. The summed E-state index contributed by atoms with van der Waals surface area (Å²) in [5, 5.41) is 8.88. The van der Waals surface area contributed by atoms with Crippen LogP contribution in [0.25, 0.3) is 0 Å². The van der Waals surface area contributed by atoms with Crippen LogP contribution in [0.3, 0.4) is 0 Å². The lowest BCUT2D eigenvalue weighted by molar-refractivity contribution is 0.568. The Balaban J connectivity index is 2.34. The lowest BCUT2D eigenvalue weighted by Crippen LogP contribution is -2.12. The molecule has 0 aliphatic carbocycles. The predicted octanol–water partition coefficient (Wildman–Crippen LogP) is 1.75. The van der Waals surface area contributed by atoms with Gasteiger partial charge in [0.05, 0.1) is 17.4 Å². The molecule has 0 saturated carbocycles. The number of benzene rings is 1. The van der Waals surface area contributed by atoms with Gasteiger partial charge in [-0.25, -0.2) is 13.4 Å². The van der Waals surface area contributed by atoms with Crippen molar-refractivity contribution in [1.82, 2.24) is 9.55 Å². The zero-order valence-electron chi connectivity index (χ0n) is 10.4. The van der Waals surface area contributed by atoms with Crippen LogP contribution in [0.1, 0.15) is 18.1 Å². The monoisotopic (exact) mass is 275 g/mol. The Labute approximate surface area is 112 Å². The third kappa shape index (κ3) is 2.83. The first-order chi connectivity index (χ1) is 9.06. The molecule has 0 aliphatic heterocycles. The van der Waals surface area contributed by atoms with Crippen molar-refractivity contribution in [3.63, 3.8) is 0 Å². The molecule has 0 spiro atoms. The molecule has 2 aromatic rings. The molecule has 0 fully saturated rings. The standard InChI is InChI=1S/C13H13N3O2S/c1-2-16-7-6-15-13(16)19(17,18)10-12-5-3-4-11(8-12)9-14/h3-8H,2,10H2,1H3. The Morgan fingerprint density at radius 2 is 2.21 bits per heavy atom. The molecule has 1 heterocycles. The van der Waals surface area contributed by atoms with Gasteiger partial charge < -0.3 is 4.57 Å². The number of sulfone groups is 1. The number of hydrogen-bond donors (Lipinski definition) is 0. The highest BCUT2D eigenvalue weighted by Crippen LogP contribution is 2.15. The van der Waals surface area contributed by atoms with Gasteiger partial charge in [-0.1, -0.05) is 12.1 Å². The second kappa shape index (κ2) is 5.24. The summed E-state index contributed by atoms with van der Waals surface area (Å²) in [5.41, 5.74) is 1.04. The third-order valence-corrected chi connectivity index (χ3v) is 4.32. The number of rotatable bonds is 4. The fourth-order valence-corrected chi connectivity index (χ4v) is 3.35. The van der Waals surface area contributed by atoms with Gasteiger partial charge in [-0.05, 0) is 24.6 Å². The summed E-state index contributed by atoms with van der Waals surface area (Å²) in [6.45, 7) is 2.41. The van der Waals surface area contributed by atoms with Gasteiger partial charge in [0, 0.05) is 18.9 Å². The average Bonchev–Trinajstić information content (AvgIpc) is 2.87. The molecule has 0 amide bonds. The number of aryl methyl sites for hydroxylation is 1. The largest absolute Gasteiger partial charge is 0.322 e. The molecular formula is C13H13N3O2S. The number of nitrogens with zero attached hydrogens (tertiary/aromatic N) is 3. The molecule has 98 valence electrons. The van der Waals surface area contributed by atoms with Crippen LogP contribution in [0.5, 0.6) is 0 Å². The van der Waals surface area contributed by atoms with Gasteiger partial charge in [0.2, 0.25) is 15.0 Å². The number of hydrogen-bond acceptors (Lipinski definition) is 4. The molecule has 1 aromatic heterocycles. The van der Waals surface area contributed by atoms with Crippen LogP contribution in [-0.4, -0.2) is 18.0 Å². The van der Waals surface area contributed by atoms with E-state index < -0.39 is 9.84 Å². The van der Waals surface area contributed by atoms with E-state index in [9.17, 15) is 8.42 Å². The second-order valence-electron chi connectivity index (χ2n) is 4.07. The van der Waals surface area contributed by atoms with Gasteiger partial charge in [0.1, 0.15) is 0 Å². The smallest absolute Gasteiger partial charge is 0.227 e. The second-order valence-corrected chi connectivity index (χ2v) is 5.95. The van der Waals surface area contributed by atoms with E-state index in [4.69, 9.17) is 5.26 Å². The van der Waals surface area contributed by atoms with Crippen LogP contribution in [0, 0.1) is 11.3 Å². The molecule has 0 bridgehead atoms. The molecule has 2 rings (SSSR count). The van der Waals surface area contributed by atoms with Crippen molar-refractivity contribution >= 4 is 9.84 Å². The minimum absolute atomic E-state index is 0.0670. The van der Waals surface area contributed by atoms with Crippen LogP contribution in [0.4, 0.5) is 0 Å². The molecule has 5 nitrogen and oxygen atoms in total. The number of aromatic nitrogens is 2. The highest BCUT2D eigenvalue weighted by atomic mass is 32.2. The molecule has 19 heavy (non-hydrogen) atoms. The van der Waals surface area contributed by atoms with E-state index in [0.29, 0.717) is 17.7 Å². The molecular weight excluding hydrogens is 262 g/mol. The van der Waals surface area contributed by atoms with Crippen LogP contribution in [0.2, 0.25) is 0 Å². The summed E-state index contributed by atoms with van der Waals surface area (Å²) < 4.78 is 26.1. The molecule has 0 atom stereocenters. The van der Waals surface area contributed by atoms with Gasteiger partial charge >= 0.3 is 0 Å². The van der Waals surface area contributed by atoms with Gasteiger partial charge in [-0.3, -0.25) is 0 Å². The van der Waals surface area contributed by atoms with Crippen LogP contribution in [0.15, 0.2) is 41.8 Å². The van der Waals surface area contributed by atoms with E-state index in [-0.39, 0.29) is 10.9 Å². The van der Waals surface area contributed by atoms with E-state index >= 15 is 0 Å². The lowest BCUT2D eigenvalue weighted by Gasteiger charge is -2.06. The molecule has 1 aromatic carbocycles. The van der Waals surface area contributed by atoms with Crippen molar-refractivity contribution < 1.29 is 8.42 Å². The van der Waals surface area contributed by atoms with E-state index in [1.54, 1.807) is 35.0 Å². The summed E-state index contributed by atoms with van der Waals surface area (Å²) >= 11 is 0. The first kappa shape index (κ1) is 13.3. The lowest BCUT2D eigenvalue weighted by atomic mass is 10.2. The molecule has 0 saturated heterocycles. The van der Waals surface area contributed by atoms with Crippen molar-refractivity contribution in [2.45, 2.75) is 24.4 Å². The SMILES string of the molecule is CCn1ccnc1S(=O)(=O)Cc1cccc(C#N)c1. The van der Waals surface area contributed by atoms with E-state index in [1.165, 1.54) is 6.20 Å². The quantitative estimate of drug-likeness (QED) is 0.851. The van der Waals surface area contributed by atoms with E-state index in [2.05, 4.69) is 4.98 Å². The highest BCUT2D eigenvalue weighted by molar-refractivity contribution is 7.90. The minimum atomic E-state index is -3.50. The first-order valence-electron chi connectivity index (χ1n) is 5.79. The Hall–Kier alpha value is -2.13. The fourth-order valence-electron chi connectivity index (χ4n) is 1.83. The van der Waals surface area contributed by atoms with Crippen LogP contribution >= 0.6 is 0 Å². The van der Waals surface area contributed by atoms with Crippen molar-refractivity contribution in [3.05, 3.63) is 47.8 Å². The predicted molar refractivity (Wildman–Crippen MR) is 69.9 cm³/mol. The maximum atomic E-state index is 12.3. The average molecular weight is 275 g/mol. The summed E-state index contributed by atoms with van der Waals surface area (Å²) in [7, 11) is -3.50. The molecule has 0 aliphatic rings. The Morgan fingerprint density at radius 3 is 2.89 bits per heavy atom. The zero-order chi connectivity index (χ0) is 13.9. The zero-order valence-corrected chi connectivity index (χ0v) is 11.3. The normalized spacial score (nSPS) is 11.2. The molecule has 0 N–H and O–H groups in total. The van der Waals surface area contributed by atoms with Crippen LogP contribution in [-0.2, 0) is 22.1 Å². The number of nitriles is 1. The van der Waals surface area contributed by atoms with Gasteiger partial charge in [-0.15, -0.1) is 0 Å². The maximum Gasteiger partial charge on any atom is 0.227 e. The van der Waals surface area contributed by atoms with Gasteiger partial charge in [0.25, 0.3) is 0 Å². The summed E-state index contributed by atoms with van der Waals surface area (Å²) in [5.74, 6) is -0.153. The summed E-state index contributed by atoms with van der Waals surface area (Å²) in [4.78, 5) is 3.91. The van der Waals surface area contributed by atoms with Gasteiger partial charge in [-0.2, -0.15) is 5.26 Å². The Morgan fingerprint density at radius 1 is 1.42 bits per heavy atom. The fraction of sp³-hybridized carbons (Fsp3) is 0.231. The van der Waals surface area contributed by atoms with Crippen molar-refractivity contribution in [2.75, 3.05) is 0 Å². The summed E-state index contributed by atoms with van der Waals surface area (Å²) in [6, 6.07) is 8.59. The molecule has 0 radical (unpaired) electrons.